The Morgan fingerprint density at radius 2 is 2.05 bits per heavy atom. The van der Waals surface area contributed by atoms with Gasteiger partial charge in [0.2, 0.25) is 0 Å². The number of aromatic nitrogens is 3. The van der Waals surface area contributed by atoms with E-state index in [4.69, 9.17) is 5.73 Å². The molecule has 0 saturated heterocycles. The highest BCUT2D eigenvalue weighted by Crippen LogP contribution is 2.13. The molecule has 104 valence electrons. The maximum atomic E-state index is 12.9. The summed E-state index contributed by atoms with van der Waals surface area (Å²) in [5.74, 6) is -0.324. The Kier molecular flexibility index (Phi) is 3.74. The number of nitrogens with two attached hydrogens (primary N) is 1. The van der Waals surface area contributed by atoms with Crippen LogP contribution in [0, 0.1) is 12.7 Å². The van der Waals surface area contributed by atoms with Gasteiger partial charge in [0.25, 0.3) is 0 Å². The minimum absolute atomic E-state index is 0.324. The van der Waals surface area contributed by atoms with Crippen LogP contribution in [-0.4, -0.2) is 26.7 Å². The lowest BCUT2D eigenvalue weighted by atomic mass is 10.2. The summed E-state index contributed by atoms with van der Waals surface area (Å²) in [4.78, 5) is 10.6. The predicted octanol–water partition coefficient (Wildman–Crippen LogP) is 1.11. The zero-order valence-electron chi connectivity index (χ0n) is 11.0. The van der Waals surface area contributed by atoms with Crippen LogP contribution in [0.2, 0.25) is 0 Å². The van der Waals surface area contributed by atoms with Gasteiger partial charge in [0, 0.05) is 0 Å². The van der Waals surface area contributed by atoms with Gasteiger partial charge in [-0.25, -0.2) is 19.3 Å². The molecule has 1 heterocycles. The summed E-state index contributed by atoms with van der Waals surface area (Å²) in [5, 5.41) is 11.8. The monoisotopic (exact) mass is 276 g/mol. The molecule has 1 aromatic heterocycles. The molecule has 0 fully saturated rings. The summed E-state index contributed by atoms with van der Waals surface area (Å²) < 4.78 is 14.4. The van der Waals surface area contributed by atoms with Crippen molar-refractivity contribution < 1.29 is 9.18 Å². The molecule has 2 aromatic rings. The van der Waals surface area contributed by atoms with E-state index < -0.39 is 6.03 Å². The van der Waals surface area contributed by atoms with Gasteiger partial charge in [0.05, 0.1) is 17.1 Å². The molecular formula is C12H13FN6O. The van der Waals surface area contributed by atoms with Gasteiger partial charge < -0.3 is 5.73 Å². The fraction of sp³-hybridized carbons (Fsp3) is 0.167. The Labute approximate surface area is 114 Å². The topological polar surface area (TPSA) is 98.2 Å². The lowest BCUT2D eigenvalue weighted by Crippen LogP contribution is -2.25. The normalized spacial score (nSPS) is 11.4. The number of primary amides is 1. The maximum Gasteiger partial charge on any atom is 0.332 e. The van der Waals surface area contributed by atoms with Crippen molar-refractivity contribution >= 4 is 11.7 Å². The van der Waals surface area contributed by atoms with E-state index in [1.54, 1.807) is 30.7 Å². The van der Waals surface area contributed by atoms with Crippen molar-refractivity contribution in [2.45, 2.75) is 13.8 Å². The third-order valence-electron chi connectivity index (χ3n) is 2.64. The Bertz CT molecular complexity index is 661. The number of halogens is 1. The van der Waals surface area contributed by atoms with Crippen LogP contribution in [0.25, 0.3) is 5.69 Å². The summed E-state index contributed by atoms with van der Waals surface area (Å²) in [6.07, 6.45) is 0. The standard InChI is InChI=1S/C12H13FN6O/c1-7(15-17-12(14)20)11-8(2)19(18-16-11)10-5-3-9(13)4-6-10/h3-6H,1-2H3,(H3,14,17,20)/b15-7+. The molecule has 2 amide bonds. The third-order valence-corrected chi connectivity index (χ3v) is 2.64. The van der Waals surface area contributed by atoms with Crippen LogP contribution < -0.4 is 11.2 Å². The SMILES string of the molecule is C/C(=N\NC(N)=O)c1nnn(-c2ccc(F)cc2)c1C. The molecule has 3 N–H and O–H groups in total. The number of urea groups is 1. The van der Waals surface area contributed by atoms with Crippen LogP contribution in [0.1, 0.15) is 18.3 Å². The highest BCUT2D eigenvalue weighted by atomic mass is 19.1. The summed E-state index contributed by atoms with van der Waals surface area (Å²) in [5.41, 5.74) is 9.44. The van der Waals surface area contributed by atoms with Crippen LogP contribution in [0.15, 0.2) is 29.4 Å². The van der Waals surface area contributed by atoms with Gasteiger partial charge in [-0.1, -0.05) is 5.21 Å². The number of rotatable bonds is 3. The van der Waals surface area contributed by atoms with Gasteiger partial charge in [0.15, 0.2) is 0 Å². The lowest BCUT2D eigenvalue weighted by Gasteiger charge is -2.03. The van der Waals surface area contributed by atoms with E-state index >= 15 is 0 Å². The Morgan fingerprint density at radius 1 is 1.40 bits per heavy atom. The molecule has 0 radical (unpaired) electrons. The number of hydrogen-bond acceptors (Lipinski definition) is 4. The molecule has 7 nitrogen and oxygen atoms in total. The van der Waals surface area contributed by atoms with E-state index in [0.717, 1.165) is 0 Å². The Morgan fingerprint density at radius 3 is 2.65 bits per heavy atom. The lowest BCUT2D eigenvalue weighted by molar-refractivity contribution is 0.249. The van der Waals surface area contributed by atoms with Gasteiger partial charge in [-0.3, -0.25) is 0 Å². The molecule has 0 atom stereocenters. The van der Waals surface area contributed by atoms with Crippen LogP contribution in [-0.2, 0) is 0 Å². The average molecular weight is 276 g/mol. The van der Waals surface area contributed by atoms with E-state index in [0.29, 0.717) is 22.8 Å². The van der Waals surface area contributed by atoms with Crippen LogP contribution in [0.5, 0.6) is 0 Å². The fourth-order valence-electron chi connectivity index (χ4n) is 1.68. The van der Waals surface area contributed by atoms with Gasteiger partial charge in [0.1, 0.15) is 11.5 Å². The first-order valence-corrected chi connectivity index (χ1v) is 5.77. The summed E-state index contributed by atoms with van der Waals surface area (Å²) in [6.45, 7) is 3.46. The highest BCUT2D eigenvalue weighted by molar-refractivity contribution is 5.98. The number of benzene rings is 1. The van der Waals surface area contributed by atoms with E-state index in [2.05, 4.69) is 20.8 Å². The van der Waals surface area contributed by atoms with Gasteiger partial charge in [-0.15, -0.1) is 5.10 Å². The first-order valence-electron chi connectivity index (χ1n) is 5.77. The zero-order valence-corrected chi connectivity index (χ0v) is 11.0. The average Bonchev–Trinajstić information content (AvgIpc) is 2.79. The molecule has 0 unspecified atom stereocenters. The van der Waals surface area contributed by atoms with E-state index in [9.17, 15) is 9.18 Å². The molecule has 0 aliphatic heterocycles. The second kappa shape index (κ2) is 5.47. The van der Waals surface area contributed by atoms with Crippen molar-refractivity contribution in [3.63, 3.8) is 0 Å². The smallest absolute Gasteiger partial charge is 0.332 e. The number of carbonyl (C=O) groups is 1. The van der Waals surface area contributed by atoms with E-state index in [-0.39, 0.29) is 5.82 Å². The minimum Gasteiger partial charge on any atom is -0.350 e. The van der Waals surface area contributed by atoms with Crippen molar-refractivity contribution in [2.24, 2.45) is 10.8 Å². The molecule has 1 aromatic carbocycles. The number of hydrazone groups is 1. The van der Waals surface area contributed by atoms with Crippen LogP contribution in [0.3, 0.4) is 0 Å². The predicted molar refractivity (Wildman–Crippen MR) is 71.0 cm³/mol. The fourth-order valence-corrected chi connectivity index (χ4v) is 1.68. The van der Waals surface area contributed by atoms with Crippen molar-refractivity contribution in [1.29, 1.82) is 0 Å². The second-order valence-corrected chi connectivity index (χ2v) is 4.08. The number of carbonyl (C=O) groups excluding carboxylic acids is 1. The molecule has 0 saturated carbocycles. The molecule has 0 bridgehead atoms. The molecule has 0 aliphatic carbocycles. The third kappa shape index (κ3) is 2.79. The summed E-state index contributed by atoms with van der Waals surface area (Å²) in [6, 6.07) is 5.11. The van der Waals surface area contributed by atoms with Gasteiger partial charge in [-0.05, 0) is 38.1 Å². The van der Waals surface area contributed by atoms with Crippen molar-refractivity contribution in [3.8, 4) is 5.69 Å². The van der Waals surface area contributed by atoms with Crippen LogP contribution in [0.4, 0.5) is 9.18 Å². The molecule has 20 heavy (non-hydrogen) atoms. The number of hydrogen-bond donors (Lipinski definition) is 2. The summed E-state index contributed by atoms with van der Waals surface area (Å²) >= 11 is 0. The quantitative estimate of drug-likeness (QED) is 0.649. The molecule has 0 aliphatic rings. The zero-order chi connectivity index (χ0) is 14.7. The molecule has 2 rings (SSSR count). The maximum absolute atomic E-state index is 12.9. The number of nitrogens with one attached hydrogen (secondary N) is 1. The largest absolute Gasteiger partial charge is 0.350 e. The van der Waals surface area contributed by atoms with Crippen molar-refractivity contribution in [1.82, 2.24) is 20.4 Å². The second-order valence-electron chi connectivity index (χ2n) is 4.08. The summed E-state index contributed by atoms with van der Waals surface area (Å²) in [7, 11) is 0. The Hall–Kier alpha value is -2.77. The van der Waals surface area contributed by atoms with Gasteiger partial charge >= 0.3 is 6.03 Å². The first kappa shape index (κ1) is 13.7. The van der Waals surface area contributed by atoms with Crippen molar-refractivity contribution in [2.75, 3.05) is 0 Å². The highest BCUT2D eigenvalue weighted by Gasteiger charge is 2.12. The molecular weight excluding hydrogens is 263 g/mol. The number of amides is 2. The number of nitrogens with zero attached hydrogens (tertiary/aromatic N) is 4. The molecule has 8 heteroatoms. The first-order chi connectivity index (χ1) is 9.49. The van der Waals surface area contributed by atoms with Crippen LogP contribution >= 0.6 is 0 Å². The Balaban J connectivity index is 2.34. The van der Waals surface area contributed by atoms with Gasteiger partial charge in [-0.2, -0.15) is 5.10 Å². The molecule has 0 spiro atoms. The van der Waals surface area contributed by atoms with E-state index in [1.165, 1.54) is 12.1 Å². The minimum atomic E-state index is -0.757. The van der Waals surface area contributed by atoms with E-state index in [1.807, 2.05) is 0 Å². The van der Waals surface area contributed by atoms with Crippen molar-refractivity contribution in [3.05, 3.63) is 41.5 Å².